The number of alkyl halides is 3. The Morgan fingerprint density at radius 1 is 1.18 bits per heavy atom. The van der Waals surface area contributed by atoms with Crippen LogP contribution in [0.3, 0.4) is 0 Å². The maximum absolute atomic E-state index is 12.2. The summed E-state index contributed by atoms with van der Waals surface area (Å²) in [6.07, 6.45) is 3.69. The second-order valence-corrected chi connectivity index (χ2v) is 10.2. The number of nitrogens with zero attached hydrogens (tertiary/aromatic N) is 6. The van der Waals surface area contributed by atoms with Gasteiger partial charge in [0.25, 0.3) is 5.56 Å². The van der Waals surface area contributed by atoms with Gasteiger partial charge >= 0.3 is 19.7 Å². The maximum atomic E-state index is 12.2. The summed E-state index contributed by atoms with van der Waals surface area (Å²) in [5, 5.41) is 8.74. The molecule has 40 heavy (non-hydrogen) atoms. The topological polar surface area (TPSA) is 170 Å². The summed E-state index contributed by atoms with van der Waals surface area (Å²) in [7, 11) is -4.77. The third-order valence-corrected chi connectivity index (χ3v) is 6.39. The number of hydrogen-bond donors (Lipinski definition) is 3. The summed E-state index contributed by atoms with van der Waals surface area (Å²) >= 11 is 0. The molecule has 0 spiro atoms. The third-order valence-electron chi connectivity index (χ3n) is 5.94. The molecule has 0 amide bonds. The largest absolute Gasteiger partial charge is 0.471 e. The summed E-state index contributed by atoms with van der Waals surface area (Å²) in [6.45, 7) is -1.75. The van der Waals surface area contributed by atoms with Gasteiger partial charge in [-0.15, -0.1) is 0 Å². The molecule has 1 fully saturated rings. The van der Waals surface area contributed by atoms with Gasteiger partial charge in [0.2, 0.25) is 0 Å². The number of H-pyrrole nitrogens is 1. The first-order valence-electron chi connectivity index (χ1n) is 11.7. The van der Waals surface area contributed by atoms with E-state index in [1.807, 2.05) is 0 Å². The molecule has 4 heterocycles. The summed E-state index contributed by atoms with van der Waals surface area (Å²) in [5.74, 6) is 0.352. The fourth-order valence-electron chi connectivity index (χ4n) is 4.01. The van der Waals surface area contributed by atoms with Gasteiger partial charge in [0.1, 0.15) is 13.3 Å². The van der Waals surface area contributed by atoms with E-state index in [4.69, 9.17) is 9.79 Å². The van der Waals surface area contributed by atoms with Gasteiger partial charge in [0.05, 0.1) is 23.0 Å². The van der Waals surface area contributed by atoms with Crippen molar-refractivity contribution in [1.29, 1.82) is 0 Å². The van der Waals surface area contributed by atoms with Gasteiger partial charge in [-0.05, 0) is 30.9 Å². The molecular formula is C23H21F3N7O6P. The molecule has 4 aromatic heterocycles. The molecule has 0 atom stereocenters. The predicted molar refractivity (Wildman–Crippen MR) is 134 cm³/mol. The Balaban J connectivity index is 0.000000194. The average Bonchev–Trinajstić information content (AvgIpc) is 3.48. The lowest BCUT2D eigenvalue weighted by molar-refractivity contribution is -0.141. The van der Waals surface area contributed by atoms with E-state index >= 15 is 0 Å². The summed E-state index contributed by atoms with van der Waals surface area (Å²) in [5.41, 5.74) is 1.08. The Kier molecular flexibility index (Phi) is 7.18. The van der Waals surface area contributed by atoms with Crippen molar-refractivity contribution in [2.75, 3.05) is 0 Å². The minimum atomic E-state index is -4.77. The Morgan fingerprint density at radius 2 is 1.93 bits per heavy atom. The highest BCUT2D eigenvalue weighted by molar-refractivity contribution is 7.46. The number of aromatic amines is 1. The molecule has 17 heteroatoms. The molecule has 1 aromatic carbocycles. The molecule has 1 aliphatic carbocycles. The first-order chi connectivity index (χ1) is 18.9. The van der Waals surface area contributed by atoms with Crippen molar-refractivity contribution in [1.82, 2.24) is 33.9 Å². The molecule has 0 saturated heterocycles. The van der Waals surface area contributed by atoms with Crippen molar-refractivity contribution in [3.8, 4) is 11.3 Å². The van der Waals surface area contributed by atoms with Gasteiger partial charge in [-0.25, -0.2) is 18.9 Å². The normalized spacial score (nSPS) is 13.9. The number of halogens is 3. The number of phosphoric acid groups is 1. The number of fused-ring (bicyclic) bond motifs is 2. The fraction of sp³-hybridized carbons (Fsp3) is 0.261. The molecule has 0 bridgehead atoms. The highest BCUT2D eigenvalue weighted by Crippen LogP contribution is 2.42. The van der Waals surface area contributed by atoms with Crippen LogP contribution in [0.25, 0.3) is 27.8 Å². The van der Waals surface area contributed by atoms with E-state index in [1.165, 1.54) is 12.4 Å². The Hall–Kier alpha value is -4.11. The van der Waals surface area contributed by atoms with Crippen LogP contribution in [0.4, 0.5) is 13.2 Å². The SMILES string of the molecule is FC(F)(F)Cn1ncc2ccccc21.O=c1[nH]c(=O)n(COP(=O)(O)O)cc1-c1cc(C2CC2)c2nccn2n1. The number of phosphoric ester groups is 1. The number of benzene rings is 1. The van der Waals surface area contributed by atoms with Gasteiger partial charge in [-0.1, -0.05) is 18.2 Å². The van der Waals surface area contributed by atoms with Crippen LogP contribution in [0.2, 0.25) is 0 Å². The van der Waals surface area contributed by atoms with Crippen molar-refractivity contribution in [3.63, 3.8) is 0 Å². The van der Waals surface area contributed by atoms with E-state index in [9.17, 15) is 27.3 Å². The van der Waals surface area contributed by atoms with E-state index in [0.717, 1.165) is 33.0 Å². The summed E-state index contributed by atoms with van der Waals surface area (Å²) < 4.78 is 54.8. The Bertz CT molecular complexity index is 1850. The molecule has 0 radical (unpaired) electrons. The van der Waals surface area contributed by atoms with E-state index in [2.05, 4.69) is 24.7 Å². The summed E-state index contributed by atoms with van der Waals surface area (Å²) in [6, 6.07) is 8.56. The predicted octanol–water partition coefficient (Wildman–Crippen LogP) is 2.79. The van der Waals surface area contributed by atoms with Crippen molar-refractivity contribution < 1.29 is 32.0 Å². The number of para-hydroxylation sites is 1. The van der Waals surface area contributed by atoms with Gasteiger partial charge in [0, 0.05) is 29.5 Å². The lowest BCUT2D eigenvalue weighted by atomic mass is 10.1. The van der Waals surface area contributed by atoms with E-state index in [1.54, 1.807) is 47.2 Å². The first kappa shape index (κ1) is 27.5. The molecule has 1 saturated carbocycles. The second kappa shape index (κ2) is 10.5. The Labute approximate surface area is 221 Å². The van der Waals surface area contributed by atoms with Crippen LogP contribution in [0, 0.1) is 0 Å². The number of nitrogens with one attached hydrogen (secondary N) is 1. The smallest absolute Gasteiger partial charge is 0.303 e. The van der Waals surface area contributed by atoms with Crippen LogP contribution >= 0.6 is 7.82 Å². The zero-order chi connectivity index (χ0) is 28.7. The van der Waals surface area contributed by atoms with Crippen molar-refractivity contribution in [2.45, 2.75) is 38.2 Å². The van der Waals surface area contributed by atoms with Crippen LogP contribution in [-0.2, 0) is 22.4 Å². The Morgan fingerprint density at radius 3 is 2.62 bits per heavy atom. The van der Waals surface area contributed by atoms with Crippen LogP contribution in [-0.4, -0.2) is 49.9 Å². The van der Waals surface area contributed by atoms with Crippen LogP contribution < -0.4 is 11.2 Å². The third kappa shape index (κ3) is 6.37. The van der Waals surface area contributed by atoms with Crippen LogP contribution in [0.1, 0.15) is 24.3 Å². The summed E-state index contributed by atoms with van der Waals surface area (Å²) in [4.78, 5) is 48.0. The molecule has 0 unspecified atom stereocenters. The minimum Gasteiger partial charge on any atom is -0.303 e. The number of aromatic nitrogens is 7. The number of rotatable bonds is 6. The average molecular weight is 579 g/mol. The highest BCUT2D eigenvalue weighted by Gasteiger charge is 2.29. The van der Waals surface area contributed by atoms with Gasteiger partial charge in [0.15, 0.2) is 5.65 Å². The number of imidazole rings is 1. The minimum absolute atomic E-state index is 0.0800. The molecule has 3 N–H and O–H groups in total. The molecule has 5 aromatic rings. The van der Waals surface area contributed by atoms with Crippen molar-refractivity contribution in [3.05, 3.63) is 81.5 Å². The first-order valence-corrected chi connectivity index (χ1v) is 13.3. The van der Waals surface area contributed by atoms with E-state index in [0.29, 0.717) is 22.8 Å². The van der Waals surface area contributed by atoms with Gasteiger partial charge in [-0.2, -0.15) is 23.4 Å². The number of hydrogen-bond acceptors (Lipinski definition) is 7. The molecule has 0 aliphatic heterocycles. The van der Waals surface area contributed by atoms with Gasteiger partial charge in [-0.3, -0.25) is 23.6 Å². The lowest BCUT2D eigenvalue weighted by Gasteiger charge is -2.10. The quantitative estimate of drug-likeness (QED) is 0.256. The monoisotopic (exact) mass is 579 g/mol. The molecular weight excluding hydrogens is 558 g/mol. The van der Waals surface area contributed by atoms with Crippen LogP contribution in [0.5, 0.6) is 0 Å². The van der Waals surface area contributed by atoms with Crippen molar-refractivity contribution in [2.24, 2.45) is 0 Å². The second-order valence-electron chi connectivity index (χ2n) is 8.95. The highest BCUT2D eigenvalue weighted by atomic mass is 31.2. The zero-order valence-electron chi connectivity index (χ0n) is 20.4. The fourth-order valence-corrected chi connectivity index (χ4v) is 4.29. The van der Waals surface area contributed by atoms with Crippen LogP contribution in [0.15, 0.2) is 64.7 Å². The van der Waals surface area contributed by atoms with E-state index in [-0.39, 0.29) is 5.56 Å². The molecule has 210 valence electrons. The zero-order valence-corrected chi connectivity index (χ0v) is 21.3. The van der Waals surface area contributed by atoms with E-state index < -0.39 is 38.5 Å². The maximum Gasteiger partial charge on any atom is 0.471 e. The van der Waals surface area contributed by atoms with Crippen molar-refractivity contribution >= 4 is 24.4 Å². The molecule has 6 rings (SSSR count). The molecule has 1 aliphatic rings. The standard InChI is InChI=1S/C14H14N5O6P.C9H7F3N2/c20-13-10(6-18(14(21)16-13)7-25-26(22,23)24)11-5-9(8-1-2-8)12-15-3-4-19(12)17-11;10-9(11,12)6-14-8-4-2-1-3-7(8)5-13-14/h3-6,8H,1-2,7H2,(H,16,20,21)(H2,22,23,24);1-5H,6H2. The lowest BCUT2D eigenvalue weighted by Crippen LogP contribution is -2.31. The molecule has 13 nitrogen and oxygen atoms in total. The van der Waals surface area contributed by atoms with Gasteiger partial charge < -0.3 is 9.79 Å².